The van der Waals surface area contributed by atoms with Gasteiger partial charge in [-0.2, -0.15) is 4.72 Å². The van der Waals surface area contributed by atoms with E-state index in [0.717, 1.165) is 4.47 Å². The van der Waals surface area contributed by atoms with Gasteiger partial charge in [-0.3, -0.25) is 0 Å². The minimum absolute atomic E-state index is 0.130. The fourth-order valence-corrected chi connectivity index (χ4v) is 3.25. The molecule has 0 heterocycles. The highest BCUT2D eigenvalue weighted by atomic mass is 79.9. The maximum Gasteiger partial charge on any atom is 0.241 e. The van der Waals surface area contributed by atoms with Crippen LogP contribution in [0.25, 0.3) is 0 Å². The number of thiocarbonyl (C=S) groups is 1. The third-order valence-corrected chi connectivity index (χ3v) is 5.33. The van der Waals surface area contributed by atoms with Gasteiger partial charge in [0, 0.05) is 4.47 Å². The van der Waals surface area contributed by atoms with E-state index in [0.29, 0.717) is 6.42 Å². The molecule has 0 aromatic heterocycles. The molecule has 1 aromatic rings. The predicted octanol–water partition coefficient (Wildman–Crippen LogP) is 2.18. The molecule has 3 N–H and O–H groups in total. The van der Waals surface area contributed by atoms with Gasteiger partial charge in [0.2, 0.25) is 10.0 Å². The van der Waals surface area contributed by atoms with Gasteiger partial charge in [-0.1, -0.05) is 35.1 Å². The summed E-state index contributed by atoms with van der Waals surface area (Å²) >= 11 is 8.17. The maximum absolute atomic E-state index is 12.2. The molecule has 7 heteroatoms. The largest absolute Gasteiger partial charge is 0.392 e. The lowest BCUT2D eigenvalue weighted by Gasteiger charge is -2.27. The zero-order chi connectivity index (χ0) is 14.0. The lowest BCUT2D eigenvalue weighted by Crippen LogP contribution is -2.53. The normalized spacial score (nSPS) is 15.1. The van der Waals surface area contributed by atoms with Gasteiger partial charge in [-0.05, 0) is 37.6 Å². The van der Waals surface area contributed by atoms with Gasteiger partial charge >= 0.3 is 0 Å². The molecule has 100 valence electrons. The number of benzene rings is 1. The van der Waals surface area contributed by atoms with Crippen LogP contribution in [0.4, 0.5) is 0 Å². The predicted molar refractivity (Wildman–Crippen MR) is 79.9 cm³/mol. The van der Waals surface area contributed by atoms with E-state index in [1.807, 2.05) is 6.92 Å². The summed E-state index contributed by atoms with van der Waals surface area (Å²) in [6, 6.07) is 6.36. The quantitative estimate of drug-likeness (QED) is 0.798. The molecule has 0 aliphatic rings. The van der Waals surface area contributed by atoms with Crippen LogP contribution in [0.1, 0.15) is 20.3 Å². The summed E-state index contributed by atoms with van der Waals surface area (Å²) in [6.07, 6.45) is 0.484. The van der Waals surface area contributed by atoms with Gasteiger partial charge in [0.15, 0.2) is 0 Å². The number of hydrogen-bond acceptors (Lipinski definition) is 3. The Morgan fingerprint density at radius 2 is 1.94 bits per heavy atom. The Labute approximate surface area is 121 Å². The minimum Gasteiger partial charge on any atom is -0.392 e. The van der Waals surface area contributed by atoms with Crippen molar-refractivity contribution in [2.75, 3.05) is 0 Å². The smallest absolute Gasteiger partial charge is 0.241 e. The van der Waals surface area contributed by atoms with Crippen LogP contribution in [0.3, 0.4) is 0 Å². The second kappa shape index (κ2) is 5.64. The summed E-state index contributed by atoms with van der Waals surface area (Å²) < 4.78 is 27.7. The topological polar surface area (TPSA) is 72.2 Å². The van der Waals surface area contributed by atoms with E-state index in [1.54, 1.807) is 19.1 Å². The summed E-state index contributed by atoms with van der Waals surface area (Å²) in [4.78, 5) is 0.312. The number of sulfonamides is 1. The number of halogens is 1. The summed E-state index contributed by atoms with van der Waals surface area (Å²) in [5.74, 6) is 0. The molecule has 1 rings (SSSR count). The van der Waals surface area contributed by atoms with Crippen molar-refractivity contribution in [2.45, 2.75) is 30.7 Å². The van der Waals surface area contributed by atoms with Crippen LogP contribution < -0.4 is 10.5 Å². The molecular formula is C11H15BrN2O2S2. The van der Waals surface area contributed by atoms with Crippen LogP contribution in [0.15, 0.2) is 33.6 Å². The first-order valence-corrected chi connectivity index (χ1v) is 7.99. The molecule has 0 fully saturated rings. The van der Waals surface area contributed by atoms with Gasteiger partial charge in [-0.25, -0.2) is 8.42 Å². The van der Waals surface area contributed by atoms with E-state index < -0.39 is 15.6 Å². The first-order chi connectivity index (χ1) is 8.21. The molecule has 0 spiro atoms. The fraction of sp³-hybridized carbons (Fsp3) is 0.364. The molecule has 0 saturated carbocycles. The number of nitrogens with two attached hydrogens (primary N) is 1. The fourth-order valence-electron chi connectivity index (χ4n) is 1.27. The highest BCUT2D eigenvalue weighted by Gasteiger charge is 2.31. The van der Waals surface area contributed by atoms with Crippen LogP contribution in [0.2, 0.25) is 0 Å². The van der Waals surface area contributed by atoms with Crippen LogP contribution in [-0.4, -0.2) is 18.9 Å². The van der Waals surface area contributed by atoms with Crippen molar-refractivity contribution < 1.29 is 8.42 Å². The lowest BCUT2D eigenvalue weighted by molar-refractivity contribution is 0.511. The first kappa shape index (κ1) is 15.6. The summed E-state index contributed by atoms with van der Waals surface area (Å²) in [7, 11) is -3.63. The summed E-state index contributed by atoms with van der Waals surface area (Å²) in [5.41, 5.74) is 4.67. The summed E-state index contributed by atoms with van der Waals surface area (Å²) in [6.45, 7) is 3.50. The second-order valence-corrected chi connectivity index (χ2v) is 7.15. The third-order valence-electron chi connectivity index (χ3n) is 2.73. The molecule has 0 bridgehead atoms. The van der Waals surface area contributed by atoms with Crippen molar-refractivity contribution in [1.29, 1.82) is 0 Å². The van der Waals surface area contributed by atoms with E-state index in [1.165, 1.54) is 12.1 Å². The average Bonchev–Trinajstić information content (AvgIpc) is 2.28. The van der Waals surface area contributed by atoms with Gasteiger partial charge in [0.1, 0.15) is 0 Å². The number of nitrogens with one attached hydrogen (secondary N) is 1. The van der Waals surface area contributed by atoms with Crippen LogP contribution in [0.5, 0.6) is 0 Å². The molecule has 1 unspecified atom stereocenters. The molecule has 0 amide bonds. The Hall–Kier alpha value is -0.500. The lowest BCUT2D eigenvalue weighted by atomic mass is 10.0. The van der Waals surface area contributed by atoms with Crippen LogP contribution in [0, 0.1) is 0 Å². The van der Waals surface area contributed by atoms with Gasteiger partial charge in [0.25, 0.3) is 0 Å². The molecule has 0 aliphatic heterocycles. The molecule has 4 nitrogen and oxygen atoms in total. The average molecular weight is 351 g/mol. The highest BCUT2D eigenvalue weighted by molar-refractivity contribution is 9.10. The number of rotatable bonds is 5. The maximum atomic E-state index is 12.2. The standard InChI is InChI=1S/C11H15BrN2O2S2/c1-3-11(2,10(13)17)14-18(15,16)9-6-4-8(12)5-7-9/h4-7,14H,3H2,1-2H3,(H2,13,17). The van der Waals surface area contributed by atoms with Crippen molar-refractivity contribution in [3.8, 4) is 0 Å². The Balaban J connectivity index is 3.09. The Bertz CT molecular complexity index is 543. The zero-order valence-electron chi connectivity index (χ0n) is 10.1. The molecular weight excluding hydrogens is 336 g/mol. The molecule has 0 radical (unpaired) electrons. The zero-order valence-corrected chi connectivity index (χ0v) is 13.3. The van der Waals surface area contributed by atoms with Crippen molar-refractivity contribution in [1.82, 2.24) is 4.72 Å². The Morgan fingerprint density at radius 1 is 1.44 bits per heavy atom. The van der Waals surface area contributed by atoms with Crippen molar-refractivity contribution in [3.63, 3.8) is 0 Å². The van der Waals surface area contributed by atoms with E-state index in [-0.39, 0.29) is 9.88 Å². The van der Waals surface area contributed by atoms with Crippen LogP contribution >= 0.6 is 28.1 Å². The summed E-state index contributed by atoms with van der Waals surface area (Å²) in [5, 5.41) is 0. The highest BCUT2D eigenvalue weighted by Crippen LogP contribution is 2.18. The van der Waals surface area contributed by atoms with Crippen molar-refractivity contribution in [2.24, 2.45) is 5.73 Å². The Kier molecular flexibility index (Phi) is 4.88. The van der Waals surface area contributed by atoms with Crippen molar-refractivity contribution >= 4 is 43.2 Å². The number of hydrogen-bond donors (Lipinski definition) is 2. The second-order valence-electron chi connectivity index (χ2n) is 4.11. The van der Waals surface area contributed by atoms with E-state index in [9.17, 15) is 8.42 Å². The molecule has 1 atom stereocenters. The molecule has 0 aliphatic carbocycles. The molecule has 18 heavy (non-hydrogen) atoms. The molecule has 0 saturated heterocycles. The van der Waals surface area contributed by atoms with E-state index in [2.05, 4.69) is 20.7 Å². The monoisotopic (exact) mass is 350 g/mol. The molecule has 1 aromatic carbocycles. The van der Waals surface area contributed by atoms with Gasteiger partial charge in [-0.15, -0.1) is 0 Å². The van der Waals surface area contributed by atoms with Gasteiger partial charge < -0.3 is 5.73 Å². The first-order valence-electron chi connectivity index (χ1n) is 5.31. The SMILES string of the molecule is CCC(C)(NS(=O)(=O)c1ccc(Br)cc1)C(N)=S. The Morgan fingerprint density at radius 3 is 2.33 bits per heavy atom. The minimum atomic E-state index is -3.63. The van der Waals surface area contributed by atoms with E-state index >= 15 is 0 Å². The van der Waals surface area contributed by atoms with Crippen LogP contribution in [-0.2, 0) is 10.0 Å². The van der Waals surface area contributed by atoms with Crippen molar-refractivity contribution in [3.05, 3.63) is 28.7 Å². The van der Waals surface area contributed by atoms with Gasteiger partial charge in [0.05, 0.1) is 15.4 Å². The third kappa shape index (κ3) is 3.50. The van der Waals surface area contributed by atoms with E-state index in [4.69, 9.17) is 18.0 Å².